The maximum atomic E-state index is 10.8. The number of nitro benzene ring substituents is 1. The number of rotatable bonds is 5. The molecule has 0 radical (unpaired) electrons. The van der Waals surface area contributed by atoms with Crippen LogP contribution in [0.25, 0.3) is 0 Å². The third-order valence-electron chi connectivity index (χ3n) is 4.72. The molecule has 2 aliphatic rings. The molecule has 136 valence electrons. The predicted molar refractivity (Wildman–Crippen MR) is 99.1 cm³/mol. The van der Waals surface area contributed by atoms with E-state index in [1.165, 1.54) is 12.1 Å². The number of hydrogen-bond acceptors (Lipinski definition) is 8. The summed E-state index contributed by atoms with van der Waals surface area (Å²) in [7, 11) is 0. The van der Waals surface area contributed by atoms with Crippen LogP contribution in [0.2, 0.25) is 0 Å². The second-order valence-electron chi connectivity index (χ2n) is 6.58. The van der Waals surface area contributed by atoms with Crippen molar-refractivity contribution in [3.8, 4) is 0 Å². The zero-order valence-corrected chi connectivity index (χ0v) is 14.5. The average molecular weight is 355 g/mol. The van der Waals surface area contributed by atoms with E-state index in [2.05, 4.69) is 30.1 Å². The van der Waals surface area contributed by atoms with Crippen LogP contribution in [0.15, 0.2) is 24.3 Å². The van der Waals surface area contributed by atoms with Crippen molar-refractivity contribution in [3.63, 3.8) is 0 Å². The molecule has 2 aliphatic heterocycles. The molecule has 9 nitrogen and oxygen atoms in total. The van der Waals surface area contributed by atoms with Crippen molar-refractivity contribution >= 4 is 29.2 Å². The minimum atomic E-state index is -0.413. The topological polar surface area (TPSA) is 100 Å². The van der Waals surface area contributed by atoms with Crippen molar-refractivity contribution in [1.82, 2.24) is 15.0 Å². The van der Waals surface area contributed by atoms with Crippen LogP contribution in [0.1, 0.15) is 25.7 Å². The second kappa shape index (κ2) is 7.11. The van der Waals surface area contributed by atoms with E-state index in [9.17, 15) is 10.1 Å². The molecule has 0 spiro atoms. The highest BCUT2D eigenvalue weighted by Gasteiger charge is 2.21. The number of nitro groups is 1. The average Bonchev–Trinajstić information content (AvgIpc) is 3.36. The van der Waals surface area contributed by atoms with Crippen LogP contribution in [0.5, 0.6) is 0 Å². The van der Waals surface area contributed by atoms with Gasteiger partial charge in [0.25, 0.3) is 5.69 Å². The Morgan fingerprint density at radius 3 is 1.81 bits per heavy atom. The Labute approximate surface area is 151 Å². The molecule has 0 unspecified atom stereocenters. The predicted octanol–water partition coefficient (Wildman–Crippen LogP) is 2.72. The van der Waals surface area contributed by atoms with Crippen LogP contribution in [-0.4, -0.2) is 46.1 Å². The van der Waals surface area contributed by atoms with Gasteiger partial charge in [-0.05, 0) is 37.8 Å². The summed E-state index contributed by atoms with van der Waals surface area (Å²) in [4.78, 5) is 28.6. The Morgan fingerprint density at radius 1 is 0.846 bits per heavy atom. The molecule has 9 heteroatoms. The first-order valence-corrected chi connectivity index (χ1v) is 8.96. The number of nitrogens with zero attached hydrogens (tertiary/aromatic N) is 6. The highest BCUT2D eigenvalue weighted by Crippen LogP contribution is 2.25. The second-order valence-corrected chi connectivity index (χ2v) is 6.58. The first-order chi connectivity index (χ1) is 12.7. The van der Waals surface area contributed by atoms with Gasteiger partial charge in [0, 0.05) is 44.0 Å². The van der Waals surface area contributed by atoms with E-state index in [4.69, 9.17) is 0 Å². The fourth-order valence-electron chi connectivity index (χ4n) is 3.32. The lowest BCUT2D eigenvalue weighted by atomic mass is 10.3. The number of non-ortho nitro benzene ring substituents is 1. The van der Waals surface area contributed by atoms with Gasteiger partial charge < -0.3 is 15.1 Å². The van der Waals surface area contributed by atoms with Crippen LogP contribution in [-0.2, 0) is 0 Å². The molecular weight excluding hydrogens is 334 g/mol. The largest absolute Gasteiger partial charge is 0.341 e. The number of benzene rings is 1. The molecular formula is C17H21N7O2. The normalized spacial score (nSPS) is 16.9. The van der Waals surface area contributed by atoms with Gasteiger partial charge >= 0.3 is 0 Å². The van der Waals surface area contributed by atoms with Gasteiger partial charge in [0.1, 0.15) is 0 Å². The number of nitrogens with one attached hydrogen (secondary N) is 1. The van der Waals surface area contributed by atoms with Crippen molar-refractivity contribution in [2.75, 3.05) is 41.3 Å². The van der Waals surface area contributed by atoms with Gasteiger partial charge in [-0.2, -0.15) is 15.0 Å². The molecule has 0 saturated carbocycles. The smallest absolute Gasteiger partial charge is 0.269 e. The maximum Gasteiger partial charge on any atom is 0.269 e. The molecule has 0 atom stereocenters. The van der Waals surface area contributed by atoms with E-state index in [1.54, 1.807) is 12.1 Å². The molecule has 1 aromatic heterocycles. The third kappa shape index (κ3) is 3.51. The lowest BCUT2D eigenvalue weighted by Crippen LogP contribution is -2.25. The zero-order chi connectivity index (χ0) is 17.9. The molecule has 4 rings (SSSR count). The van der Waals surface area contributed by atoms with E-state index < -0.39 is 4.92 Å². The molecule has 1 N–H and O–H groups in total. The van der Waals surface area contributed by atoms with Gasteiger partial charge in [-0.1, -0.05) is 0 Å². The molecule has 0 bridgehead atoms. The monoisotopic (exact) mass is 355 g/mol. The fraction of sp³-hybridized carbons (Fsp3) is 0.471. The standard InChI is InChI=1S/C17H21N7O2/c25-24(26)14-7-5-13(6-8-14)18-15-19-16(22-9-1-2-10-22)21-17(20-15)23-11-3-4-12-23/h5-8H,1-4,9-12H2,(H,18,19,20,21). The highest BCUT2D eigenvalue weighted by atomic mass is 16.6. The number of aromatic nitrogens is 3. The van der Waals surface area contributed by atoms with Crippen LogP contribution in [0.4, 0.5) is 29.2 Å². The molecule has 2 fully saturated rings. The summed E-state index contributed by atoms with van der Waals surface area (Å²) < 4.78 is 0. The van der Waals surface area contributed by atoms with Crippen molar-refractivity contribution in [2.24, 2.45) is 0 Å². The van der Waals surface area contributed by atoms with Gasteiger partial charge in [0.2, 0.25) is 17.8 Å². The Morgan fingerprint density at radius 2 is 1.35 bits per heavy atom. The Bertz CT molecular complexity index is 750. The molecule has 2 saturated heterocycles. The van der Waals surface area contributed by atoms with E-state index in [0.29, 0.717) is 23.5 Å². The summed E-state index contributed by atoms with van der Waals surface area (Å²) in [6.07, 6.45) is 4.59. The maximum absolute atomic E-state index is 10.8. The number of hydrogen-bond donors (Lipinski definition) is 1. The van der Waals surface area contributed by atoms with Gasteiger partial charge in [-0.15, -0.1) is 0 Å². The molecule has 2 aromatic rings. The summed E-state index contributed by atoms with van der Waals surface area (Å²) in [6.45, 7) is 3.84. The van der Waals surface area contributed by atoms with Gasteiger partial charge in [0.15, 0.2) is 0 Å². The van der Waals surface area contributed by atoms with Gasteiger partial charge in [0.05, 0.1) is 4.92 Å². The Kier molecular flexibility index (Phi) is 4.51. The molecule has 3 heterocycles. The highest BCUT2D eigenvalue weighted by molar-refractivity contribution is 5.58. The van der Waals surface area contributed by atoms with Crippen molar-refractivity contribution in [3.05, 3.63) is 34.4 Å². The van der Waals surface area contributed by atoms with Crippen LogP contribution >= 0.6 is 0 Å². The summed E-state index contributed by atoms with van der Waals surface area (Å²) in [5.74, 6) is 1.87. The lowest BCUT2D eigenvalue weighted by Gasteiger charge is -2.20. The summed E-state index contributed by atoms with van der Waals surface area (Å²) in [5, 5.41) is 14.0. The minimum Gasteiger partial charge on any atom is -0.341 e. The van der Waals surface area contributed by atoms with E-state index in [1.807, 2.05) is 0 Å². The van der Waals surface area contributed by atoms with Crippen molar-refractivity contribution in [2.45, 2.75) is 25.7 Å². The van der Waals surface area contributed by atoms with Crippen molar-refractivity contribution < 1.29 is 4.92 Å². The fourth-order valence-corrected chi connectivity index (χ4v) is 3.32. The van der Waals surface area contributed by atoms with Crippen molar-refractivity contribution in [1.29, 1.82) is 0 Å². The molecule has 26 heavy (non-hydrogen) atoms. The summed E-state index contributed by atoms with van der Waals surface area (Å²) in [6, 6.07) is 6.25. The molecule has 0 aliphatic carbocycles. The first-order valence-electron chi connectivity index (χ1n) is 8.96. The summed E-state index contributed by atoms with van der Waals surface area (Å²) in [5.41, 5.74) is 0.767. The Hall–Kier alpha value is -2.97. The first kappa shape index (κ1) is 16.5. The third-order valence-corrected chi connectivity index (χ3v) is 4.72. The molecule has 1 aromatic carbocycles. The summed E-state index contributed by atoms with van der Waals surface area (Å²) >= 11 is 0. The zero-order valence-electron chi connectivity index (χ0n) is 14.5. The lowest BCUT2D eigenvalue weighted by molar-refractivity contribution is -0.384. The van der Waals surface area contributed by atoms with E-state index in [0.717, 1.165) is 51.9 Å². The van der Waals surface area contributed by atoms with E-state index >= 15 is 0 Å². The minimum absolute atomic E-state index is 0.0571. The van der Waals surface area contributed by atoms with Crippen LogP contribution in [0, 0.1) is 10.1 Å². The molecule has 0 amide bonds. The van der Waals surface area contributed by atoms with Gasteiger partial charge in [-0.25, -0.2) is 0 Å². The quantitative estimate of drug-likeness (QED) is 0.645. The van der Waals surface area contributed by atoms with E-state index in [-0.39, 0.29) is 5.69 Å². The van der Waals surface area contributed by atoms with Gasteiger partial charge in [-0.3, -0.25) is 10.1 Å². The van der Waals surface area contributed by atoms with Crippen LogP contribution < -0.4 is 15.1 Å². The Balaban J connectivity index is 1.61. The van der Waals surface area contributed by atoms with Crippen LogP contribution in [0.3, 0.4) is 0 Å². The number of anilines is 4. The SMILES string of the molecule is O=[N+]([O-])c1ccc(Nc2nc(N3CCCC3)nc(N3CCCC3)n2)cc1.